The molecule has 2 atom stereocenters. The summed E-state index contributed by atoms with van der Waals surface area (Å²) in [6, 6.07) is 6.03. The smallest absolute Gasteiger partial charge is 0.289 e. The van der Waals surface area contributed by atoms with Crippen molar-refractivity contribution >= 4 is 28.6 Å². The fourth-order valence-electron chi connectivity index (χ4n) is 4.44. The molecule has 0 aliphatic heterocycles. The van der Waals surface area contributed by atoms with E-state index in [-0.39, 0.29) is 29.8 Å². The SMILES string of the molecule is CCCCCCCCNC(=O)c1nc(NC2CCCCC2N=C(N)N)c2cc(C)ccc2n1. The second-order valence-electron chi connectivity index (χ2n) is 9.10. The van der Waals surface area contributed by atoms with Crippen molar-refractivity contribution in [1.29, 1.82) is 0 Å². The normalized spacial score (nSPS) is 18.1. The van der Waals surface area contributed by atoms with E-state index < -0.39 is 0 Å². The number of amides is 1. The molecule has 2 aromatic rings. The van der Waals surface area contributed by atoms with Gasteiger partial charge in [0.1, 0.15) is 5.82 Å². The van der Waals surface area contributed by atoms with Crippen molar-refractivity contribution in [2.75, 3.05) is 11.9 Å². The first-order chi connectivity index (χ1) is 16.0. The largest absolute Gasteiger partial charge is 0.370 e. The number of aryl methyl sites for hydroxylation is 1. The molecule has 1 aliphatic rings. The molecule has 1 aliphatic carbocycles. The average molecular weight is 454 g/mol. The highest BCUT2D eigenvalue weighted by Gasteiger charge is 2.26. The lowest BCUT2D eigenvalue weighted by Gasteiger charge is -2.30. The molecule has 180 valence electrons. The van der Waals surface area contributed by atoms with E-state index in [0.29, 0.717) is 12.4 Å². The minimum absolute atomic E-state index is 0.0106. The van der Waals surface area contributed by atoms with Crippen LogP contribution in [0.15, 0.2) is 23.2 Å². The topological polar surface area (TPSA) is 131 Å². The second-order valence-corrected chi connectivity index (χ2v) is 9.10. The third-order valence-electron chi connectivity index (χ3n) is 6.24. The molecule has 6 N–H and O–H groups in total. The second kappa shape index (κ2) is 12.4. The summed E-state index contributed by atoms with van der Waals surface area (Å²) in [5.41, 5.74) is 13.2. The maximum absolute atomic E-state index is 12.8. The van der Waals surface area contributed by atoms with E-state index in [1.54, 1.807) is 0 Å². The number of carbonyl (C=O) groups is 1. The fraction of sp³-hybridized carbons (Fsp3) is 0.600. The fourth-order valence-corrected chi connectivity index (χ4v) is 4.44. The lowest BCUT2D eigenvalue weighted by atomic mass is 9.90. The van der Waals surface area contributed by atoms with E-state index in [1.165, 1.54) is 25.7 Å². The summed E-state index contributed by atoms with van der Waals surface area (Å²) in [7, 11) is 0. The molecule has 8 nitrogen and oxygen atoms in total. The highest BCUT2D eigenvalue weighted by atomic mass is 16.2. The molecular formula is C25H39N7O. The van der Waals surface area contributed by atoms with Crippen LogP contribution in [0.2, 0.25) is 0 Å². The Morgan fingerprint density at radius 2 is 1.85 bits per heavy atom. The first-order valence-electron chi connectivity index (χ1n) is 12.4. The predicted molar refractivity (Wildman–Crippen MR) is 135 cm³/mol. The van der Waals surface area contributed by atoms with Gasteiger partial charge >= 0.3 is 0 Å². The van der Waals surface area contributed by atoms with E-state index in [9.17, 15) is 4.79 Å². The third-order valence-corrected chi connectivity index (χ3v) is 6.24. The van der Waals surface area contributed by atoms with Crippen LogP contribution < -0.4 is 22.1 Å². The zero-order chi connectivity index (χ0) is 23.6. The summed E-state index contributed by atoms with van der Waals surface area (Å²) in [5.74, 6) is 0.718. The molecule has 1 aromatic carbocycles. The Kier molecular flexibility index (Phi) is 9.27. The summed E-state index contributed by atoms with van der Waals surface area (Å²) in [4.78, 5) is 26.4. The highest BCUT2D eigenvalue weighted by Crippen LogP contribution is 2.28. The number of rotatable bonds is 11. The Labute approximate surface area is 197 Å². The Morgan fingerprint density at radius 1 is 1.09 bits per heavy atom. The number of benzene rings is 1. The number of aromatic nitrogens is 2. The van der Waals surface area contributed by atoms with E-state index in [2.05, 4.69) is 32.5 Å². The van der Waals surface area contributed by atoms with E-state index in [1.807, 2.05) is 25.1 Å². The van der Waals surface area contributed by atoms with Crippen LogP contribution in [-0.2, 0) is 0 Å². The molecule has 0 spiro atoms. The molecule has 0 saturated heterocycles. The lowest BCUT2D eigenvalue weighted by molar-refractivity contribution is 0.0943. The van der Waals surface area contributed by atoms with Crippen LogP contribution in [0.3, 0.4) is 0 Å². The molecule has 1 fully saturated rings. The maximum atomic E-state index is 12.8. The Bertz CT molecular complexity index is 955. The molecule has 1 saturated carbocycles. The third kappa shape index (κ3) is 7.30. The van der Waals surface area contributed by atoms with Crippen molar-refractivity contribution in [3.63, 3.8) is 0 Å². The number of carbonyl (C=O) groups excluding carboxylic acids is 1. The van der Waals surface area contributed by atoms with Crippen molar-refractivity contribution in [3.8, 4) is 0 Å². The summed E-state index contributed by atoms with van der Waals surface area (Å²) < 4.78 is 0. The Balaban J connectivity index is 1.75. The predicted octanol–water partition coefficient (Wildman–Crippen LogP) is 4.03. The van der Waals surface area contributed by atoms with Gasteiger partial charge in [0.2, 0.25) is 5.82 Å². The minimum atomic E-state index is -0.237. The molecule has 2 unspecified atom stereocenters. The standard InChI is InChI=1S/C25H39N7O/c1-3-4-5-6-7-10-15-28-24(33)23-29-19-14-13-17(2)16-18(19)22(32-23)30-20-11-8-9-12-21(20)31-25(26)27/h13-14,16,20-21H,3-12,15H2,1-2H3,(H,28,33)(H4,26,27,31)(H,29,30,32). The number of nitrogens with one attached hydrogen (secondary N) is 2. The van der Waals surface area contributed by atoms with Crippen LogP contribution >= 0.6 is 0 Å². The number of hydrogen-bond donors (Lipinski definition) is 4. The quantitative estimate of drug-likeness (QED) is 0.231. The molecule has 1 aromatic heterocycles. The van der Waals surface area contributed by atoms with Gasteiger partial charge in [0.25, 0.3) is 5.91 Å². The number of anilines is 1. The van der Waals surface area contributed by atoms with Gasteiger partial charge in [-0.15, -0.1) is 0 Å². The van der Waals surface area contributed by atoms with Gasteiger partial charge < -0.3 is 22.1 Å². The van der Waals surface area contributed by atoms with Crippen LogP contribution in [0.25, 0.3) is 10.9 Å². The van der Waals surface area contributed by atoms with E-state index in [0.717, 1.165) is 55.0 Å². The molecular weight excluding hydrogens is 414 g/mol. The molecule has 33 heavy (non-hydrogen) atoms. The van der Waals surface area contributed by atoms with Gasteiger partial charge in [0.05, 0.1) is 17.6 Å². The summed E-state index contributed by atoms with van der Waals surface area (Å²) in [6.07, 6.45) is 11.1. The molecule has 0 radical (unpaired) electrons. The van der Waals surface area contributed by atoms with Gasteiger partial charge in [-0.25, -0.2) is 15.0 Å². The van der Waals surface area contributed by atoms with Crippen LogP contribution in [0.1, 0.15) is 87.3 Å². The Morgan fingerprint density at radius 3 is 2.64 bits per heavy atom. The monoisotopic (exact) mass is 453 g/mol. The van der Waals surface area contributed by atoms with Gasteiger partial charge in [-0.1, -0.05) is 63.5 Å². The summed E-state index contributed by atoms with van der Waals surface area (Å²) >= 11 is 0. The van der Waals surface area contributed by atoms with Crippen molar-refractivity contribution < 1.29 is 4.79 Å². The van der Waals surface area contributed by atoms with Crippen molar-refractivity contribution in [2.24, 2.45) is 16.5 Å². The lowest BCUT2D eigenvalue weighted by Crippen LogP contribution is -2.38. The summed E-state index contributed by atoms with van der Waals surface area (Å²) in [5, 5.41) is 7.43. The minimum Gasteiger partial charge on any atom is -0.370 e. The maximum Gasteiger partial charge on any atom is 0.289 e. The number of guanidine groups is 1. The number of hydrogen-bond acceptors (Lipinski definition) is 5. The van der Waals surface area contributed by atoms with Crippen molar-refractivity contribution in [1.82, 2.24) is 15.3 Å². The van der Waals surface area contributed by atoms with E-state index >= 15 is 0 Å². The van der Waals surface area contributed by atoms with Crippen LogP contribution in [0.4, 0.5) is 5.82 Å². The number of unbranched alkanes of at least 4 members (excludes halogenated alkanes) is 5. The molecule has 1 heterocycles. The first kappa shape index (κ1) is 24.7. The molecule has 1 amide bonds. The van der Waals surface area contributed by atoms with E-state index in [4.69, 9.17) is 11.5 Å². The average Bonchev–Trinajstić information content (AvgIpc) is 2.79. The van der Waals surface area contributed by atoms with Crippen molar-refractivity contribution in [3.05, 3.63) is 29.6 Å². The van der Waals surface area contributed by atoms with Gasteiger partial charge in [0, 0.05) is 11.9 Å². The van der Waals surface area contributed by atoms with Crippen LogP contribution in [0.5, 0.6) is 0 Å². The Hall–Kier alpha value is -2.90. The van der Waals surface area contributed by atoms with Gasteiger partial charge in [-0.05, 0) is 38.3 Å². The number of aliphatic imine (C=N–C) groups is 1. The zero-order valence-electron chi connectivity index (χ0n) is 20.1. The van der Waals surface area contributed by atoms with Crippen LogP contribution in [-0.4, -0.2) is 40.5 Å². The number of nitrogens with two attached hydrogens (primary N) is 2. The highest BCUT2D eigenvalue weighted by molar-refractivity contribution is 5.96. The van der Waals surface area contributed by atoms with Crippen molar-refractivity contribution in [2.45, 2.75) is 90.1 Å². The number of fused-ring (bicyclic) bond motifs is 1. The first-order valence-corrected chi connectivity index (χ1v) is 12.4. The molecule has 8 heteroatoms. The number of nitrogens with zero attached hydrogens (tertiary/aromatic N) is 3. The molecule has 0 bridgehead atoms. The van der Waals surface area contributed by atoms with Crippen LogP contribution in [0, 0.1) is 6.92 Å². The van der Waals surface area contributed by atoms with Gasteiger partial charge in [-0.3, -0.25) is 4.79 Å². The molecule has 3 rings (SSSR count). The summed E-state index contributed by atoms with van der Waals surface area (Å²) in [6.45, 7) is 4.88. The van der Waals surface area contributed by atoms with Gasteiger partial charge in [0.15, 0.2) is 5.96 Å². The van der Waals surface area contributed by atoms with Gasteiger partial charge in [-0.2, -0.15) is 0 Å². The zero-order valence-corrected chi connectivity index (χ0v) is 20.1.